The average molecular weight is 127 g/mol. The highest BCUT2D eigenvalue weighted by Crippen LogP contribution is 2.02. The molecule has 0 radical (unpaired) electrons. The standard InChI is InChI=1S/C5H9N3O/c1-3-4(6)5(9)8(2)7-3/h4H,6H2,1-2H3. The zero-order valence-electron chi connectivity index (χ0n) is 5.46. The molecule has 0 saturated carbocycles. The lowest BCUT2D eigenvalue weighted by Gasteiger charge is -2.02. The van der Waals surface area contributed by atoms with Gasteiger partial charge in [-0.15, -0.1) is 0 Å². The summed E-state index contributed by atoms with van der Waals surface area (Å²) < 4.78 is 0. The number of likely N-dealkylation sites (N-methyl/N-ethyl adjacent to an activating group) is 1. The number of rotatable bonds is 0. The van der Waals surface area contributed by atoms with Crippen LogP contribution in [0.5, 0.6) is 0 Å². The second-order valence-corrected chi connectivity index (χ2v) is 2.08. The van der Waals surface area contributed by atoms with Crippen molar-refractivity contribution >= 4 is 11.6 Å². The maximum atomic E-state index is 10.8. The Hall–Kier alpha value is -0.900. The number of carbonyl (C=O) groups excluding carboxylic acids is 1. The minimum Gasteiger partial charge on any atom is -0.315 e. The Morgan fingerprint density at radius 1 is 1.78 bits per heavy atom. The first-order valence-corrected chi connectivity index (χ1v) is 2.71. The lowest BCUT2D eigenvalue weighted by molar-refractivity contribution is -0.128. The Morgan fingerprint density at radius 3 is 2.44 bits per heavy atom. The Balaban J connectivity index is 2.82. The molecule has 0 saturated heterocycles. The van der Waals surface area contributed by atoms with Crippen LogP contribution in [0.1, 0.15) is 6.92 Å². The lowest BCUT2D eigenvalue weighted by Crippen LogP contribution is -2.36. The van der Waals surface area contributed by atoms with Gasteiger partial charge in [0.1, 0.15) is 6.04 Å². The predicted octanol–water partition coefficient (Wildman–Crippen LogP) is -0.838. The van der Waals surface area contributed by atoms with Gasteiger partial charge < -0.3 is 5.73 Å². The number of nitrogens with two attached hydrogens (primary N) is 1. The van der Waals surface area contributed by atoms with Gasteiger partial charge in [0.25, 0.3) is 5.91 Å². The zero-order chi connectivity index (χ0) is 7.02. The van der Waals surface area contributed by atoms with E-state index in [2.05, 4.69) is 5.10 Å². The van der Waals surface area contributed by atoms with Crippen molar-refractivity contribution in [3.63, 3.8) is 0 Å². The van der Waals surface area contributed by atoms with Crippen LogP contribution < -0.4 is 5.73 Å². The van der Waals surface area contributed by atoms with Crippen LogP contribution >= 0.6 is 0 Å². The molecule has 0 aromatic heterocycles. The molecule has 0 spiro atoms. The molecule has 50 valence electrons. The van der Waals surface area contributed by atoms with Gasteiger partial charge in [-0.25, -0.2) is 5.01 Å². The molecule has 0 aromatic rings. The SMILES string of the molecule is CC1=NN(C)C(=O)C1N. The van der Waals surface area contributed by atoms with Crippen LogP contribution in [0.25, 0.3) is 0 Å². The van der Waals surface area contributed by atoms with E-state index in [0.29, 0.717) is 5.71 Å². The number of amides is 1. The molecule has 1 rings (SSSR count). The highest BCUT2D eigenvalue weighted by molar-refractivity contribution is 6.10. The number of hydrogen-bond donors (Lipinski definition) is 1. The molecule has 0 aromatic carbocycles. The van der Waals surface area contributed by atoms with Crippen LogP contribution in [-0.2, 0) is 4.79 Å². The highest BCUT2D eigenvalue weighted by atomic mass is 16.2. The summed E-state index contributed by atoms with van der Waals surface area (Å²) in [6.45, 7) is 1.74. The second kappa shape index (κ2) is 1.80. The van der Waals surface area contributed by atoms with Crippen molar-refractivity contribution in [1.29, 1.82) is 0 Å². The molecule has 0 fully saturated rings. The molecule has 1 unspecified atom stereocenters. The minimum atomic E-state index is -0.505. The van der Waals surface area contributed by atoms with Gasteiger partial charge in [-0.3, -0.25) is 4.79 Å². The first kappa shape index (κ1) is 6.22. The summed E-state index contributed by atoms with van der Waals surface area (Å²) >= 11 is 0. The summed E-state index contributed by atoms with van der Waals surface area (Å²) in [6.07, 6.45) is 0. The summed E-state index contributed by atoms with van der Waals surface area (Å²) in [7, 11) is 1.60. The summed E-state index contributed by atoms with van der Waals surface area (Å²) in [5.74, 6) is -0.132. The quantitative estimate of drug-likeness (QED) is 0.461. The first-order chi connectivity index (χ1) is 4.13. The molecule has 1 atom stereocenters. The fraction of sp³-hybridized carbons (Fsp3) is 0.600. The third kappa shape index (κ3) is 0.810. The molecule has 2 N–H and O–H groups in total. The maximum Gasteiger partial charge on any atom is 0.265 e. The Morgan fingerprint density at radius 2 is 2.33 bits per heavy atom. The number of nitrogens with zero attached hydrogens (tertiary/aromatic N) is 2. The van der Waals surface area contributed by atoms with E-state index in [0.717, 1.165) is 0 Å². The third-order valence-corrected chi connectivity index (χ3v) is 1.34. The van der Waals surface area contributed by atoms with Crippen molar-refractivity contribution in [2.45, 2.75) is 13.0 Å². The van der Waals surface area contributed by atoms with Gasteiger partial charge in [-0.2, -0.15) is 5.10 Å². The topological polar surface area (TPSA) is 58.7 Å². The first-order valence-electron chi connectivity index (χ1n) is 2.71. The van der Waals surface area contributed by atoms with Crippen molar-refractivity contribution < 1.29 is 4.79 Å². The van der Waals surface area contributed by atoms with Crippen molar-refractivity contribution in [1.82, 2.24) is 5.01 Å². The normalized spacial score (nSPS) is 27.0. The van der Waals surface area contributed by atoms with E-state index in [1.807, 2.05) is 0 Å². The van der Waals surface area contributed by atoms with Crippen LogP contribution in [0.3, 0.4) is 0 Å². The fourth-order valence-corrected chi connectivity index (χ4v) is 0.728. The van der Waals surface area contributed by atoms with Gasteiger partial charge in [0, 0.05) is 7.05 Å². The van der Waals surface area contributed by atoms with Gasteiger partial charge in [0.2, 0.25) is 0 Å². The Labute approximate surface area is 53.3 Å². The maximum absolute atomic E-state index is 10.8. The highest BCUT2D eigenvalue weighted by Gasteiger charge is 2.26. The summed E-state index contributed by atoms with van der Waals surface area (Å²) in [4.78, 5) is 10.8. The Kier molecular flexibility index (Phi) is 1.25. The van der Waals surface area contributed by atoms with Crippen LogP contribution in [0.2, 0.25) is 0 Å². The fourth-order valence-electron chi connectivity index (χ4n) is 0.728. The molecule has 1 aliphatic heterocycles. The Bertz CT molecular complexity index is 175. The van der Waals surface area contributed by atoms with Crippen LogP contribution in [0.4, 0.5) is 0 Å². The van der Waals surface area contributed by atoms with Crippen molar-refractivity contribution in [3.8, 4) is 0 Å². The molecular formula is C5H9N3O. The largest absolute Gasteiger partial charge is 0.315 e. The molecule has 1 aliphatic rings. The van der Waals surface area contributed by atoms with E-state index in [1.165, 1.54) is 5.01 Å². The number of carbonyl (C=O) groups is 1. The van der Waals surface area contributed by atoms with Crippen molar-refractivity contribution in [3.05, 3.63) is 0 Å². The van der Waals surface area contributed by atoms with Crippen LogP contribution in [0.15, 0.2) is 5.10 Å². The van der Waals surface area contributed by atoms with Gasteiger partial charge in [-0.05, 0) is 6.92 Å². The number of hydrogen-bond acceptors (Lipinski definition) is 3. The van der Waals surface area contributed by atoms with Gasteiger partial charge >= 0.3 is 0 Å². The van der Waals surface area contributed by atoms with E-state index in [4.69, 9.17) is 5.73 Å². The van der Waals surface area contributed by atoms with Crippen LogP contribution in [-0.4, -0.2) is 29.7 Å². The minimum absolute atomic E-state index is 0.132. The van der Waals surface area contributed by atoms with Crippen molar-refractivity contribution in [2.75, 3.05) is 7.05 Å². The van der Waals surface area contributed by atoms with E-state index in [-0.39, 0.29) is 5.91 Å². The molecule has 0 aliphatic carbocycles. The van der Waals surface area contributed by atoms with Crippen LogP contribution in [0, 0.1) is 0 Å². The zero-order valence-corrected chi connectivity index (χ0v) is 5.46. The molecule has 1 amide bonds. The van der Waals surface area contributed by atoms with E-state index < -0.39 is 6.04 Å². The number of hydrazone groups is 1. The van der Waals surface area contributed by atoms with E-state index in [9.17, 15) is 4.79 Å². The third-order valence-electron chi connectivity index (χ3n) is 1.34. The van der Waals surface area contributed by atoms with E-state index in [1.54, 1.807) is 14.0 Å². The van der Waals surface area contributed by atoms with Gasteiger partial charge in [0.05, 0.1) is 5.71 Å². The molecule has 9 heavy (non-hydrogen) atoms. The smallest absolute Gasteiger partial charge is 0.265 e. The summed E-state index contributed by atoms with van der Waals surface area (Å²) in [5, 5.41) is 5.09. The van der Waals surface area contributed by atoms with Gasteiger partial charge in [0.15, 0.2) is 0 Å². The summed E-state index contributed by atoms with van der Waals surface area (Å²) in [6, 6.07) is -0.505. The molecular weight excluding hydrogens is 118 g/mol. The predicted molar refractivity (Wildman–Crippen MR) is 33.9 cm³/mol. The molecule has 0 bridgehead atoms. The average Bonchev–Trinajstić information content (AvgIpc) is 1.98. The van der Waals surface area contributed by atoms with Crippen molar-refractivity contribution in [2.24, 2.45) is 10.8 Å². The molecule has 4 nitrogen and oxygen atoms in total. The lowest BCUT2D eigenvalue weighted by atomic mass is 10.2. The van der Waals surface area contributed by atoms with Gasteiger partial charge in [-0.1, -0.05) is 0 Å². The second-order valence-electron chi connectivity index (χ2n) is 2.08. The monoisotopic (exact) mass is 127 g/mol. The summed E-state index contributed by atoms with van der Waals surface area (Å²) in [5.41, 5.74) is 6.07. The molecule has 4 heteroatoms. The van der Waals surface area contributed by atoms with E-state index >= 15 is 0 Å². The molecule has 1 heterocycles.